The zero-order chi connectivity index (χ0) is 20.1. The Morgan fingerprint density at radius 3 is 2.59 bits per heavy atom. The van der Waals surface area contributed by atoms with Crippen molar-refractivity contribution >= 4 is 27.5 Å². The minimum absolute atomic E-state index is 0.194. The van der Waals surface area contributed by atoms with Crippen LogP contribution in [0, 0.1) is 5.82 Å². The van der Waals surface area contributed by atoms with Gasteiger partial charge < -0.3 is 10.1 Å². The summed E-state index contributed by atoms with van der Waals surface area (Å²) in [6.07, 6.45) is 0.670. The number of halogens is 1. The Labute approximate surface area is 172 Å². The molecule has 0 unspecified atom stereocenters. The Kier molecular flexibility index (Phi) is 5.81. The molecule has 0 saturated carbocycles. The van der Waals surface area contributed by atoms with Crippen LogP contribution in [0.4, 0.5) is 4.39 Å². The Morgan fingerprint density at radius 2 is 1.76 bits per heavy atom. The van der Waals surface area contributed by atoms with E-state index in [0.717, 1.165) is 20.8 Å². The smallest absolute Gasteiger partial charge is 0.255 e. The molecule has 0 spiro atoms. The van der Waals surface area contributed by atoms with Gasteiger partial charge in [-0.25, -0.2) is 9.37 Å². The van der Waals surface area contributed by atoms with E-state index in [2.05, 4.69) is 10.3 Å². The minimum atomic E-state index is -0.290. The lowest BCUT2D eigenvalue weighted by Crippen LogP contribution is -2.26. The van der Waals surface area contributed by atoms with Crippen LogP contribution in [0.1, 0.15) is 20.9 Å². The average molecular weight is 406 g/mol. The van der Waals surface area contributed by atoms with Crippen molar-refractivity contribution < 1.29 is 13.9 Å². The van der Waals surface area contributed by atoms with Gasteiger partial charge in [0.2, 0.25) is 0 Å². The second-order valence-electron chi connectivity index (χ2n) is 6.49. The largest absolute Gasteiger partial charge is 0.488 e. The first-order valence-corrected chi connectivity index (χ1v) is 10.1. The van der Waals surface area contributed by atoms with Crippen molar-refractivity contribution in [2.24, 2.45) is 0 Å². The summed E-state index contributed by atoms with van der Waals surface area (Å²) in [7, 11) is 0. The van der Waals surface area contributed by atoms with E-state index >= 15 is 0 Å². The fourth-order valence-electron chi connectivity index (χ4n) is 2.93. The second kappa shape index (κ2) is 8.84. The van der Waals surface area contributed by atoms with Crippen LogP contribution in [0.25, 0.3) is 10.2 Å². The van der Waals surface area contributed by atoms with E-state index in [-0.39, 0.29) is 18.3 Å². The molecule has 0 aliphatic carbocycles. The number of amides is 1. The number of rotatable bonds is 7. The molecule has 1 heterocycles. The number of hydrogen-bond donors (Lipinski definition) is 1. The van der Waals surface area contributed by atoms with Crippen LogP contribution in [0.2, 0.25) is 0 Å². The SMILES string of the molecule is O=C(NCCc1nc2ccccc2s1)c1ccccc1OCc1ccc(F)cc1. The van der Waals surface area contributed by atoms with Gasteiger partial charge in [-0.05, 0) is 42.0 Å². The molecule has 0 atom stereocenters. The first-order valence-electron chi connectivity index (χ1n) is 9.28. The number of hydrogen-bond acceptors (Lipinski definition) is 4. The van der Waals surface area contributed by atoms with E-state index in [4.69, 9.17) is 4.74 Å². The van der Waals surface area contributed by atoms with Crippen LogP contribution in [0.15, 0.2) is 72.8 Å². The highest BCUT2D eigenvalue weighted by Crippen LogP contribution is 2.22. The third kappa shape index (κ3) is 4.78. The number of fused-ring (bicyclic) bond motifs is 1. The molecule has 0 aliphatic heterocycles. The monoisotopic (exact) mass is 406 g/mol. The minimum Gasteiger partial charge on any atom is -0.488 e. The van der Waals surface area contributed by atoms with E-state index in [1.54, 1.807) is 41.7 Å². The first kappa shape index (κ1) is 19.1. The van der Waals surface area contributed by atoms with Crippen molar-refractivity contribution in [1.29, 1.82) is 0 Å². The number of nitrogens with one attached hydrogen (secondary N) is 1. The van der Waals surface area contributed by atoms with E-state index in [0.29, 0.717) is 24.3 Å². The summed E-state index contributed by atoms with van der Waals surface area (Å²) < 4.78 is 20.0. The van der Waals surface area contributed by atoms with Gasteiger partial charge in [0.15, 0.2) is 0 Å². The van der Waals surface area contributed by atoms with Crippen LogP contribution in [0.5, 0.6) is 5.75 Å². The average Bonchev–Trinajstić information content (AvgIpc) is 3.16. The third-order valence-electron chi connectivity index (χ3n) is 4.40. The maximum atomic E-state index is 13.0. The molecule has 4 nitrogen and oxygen atoms in total. The molecule has 6 heteroatoms. The number of ether oxygens (including phenoxy) is 1. The topological polar surface area (TPSA) is 51.2 Å². The summed E-state index contributed by atoms with van der Waals surface area (Å²) in [5.41, 5.74) is 2.29. The number of para-hydroxylation sites is 2. The highest BCUT2D eigenvalue weighted by molar-refractivity contribution is 7.18. The fraction of sp³-hybridized carbons (Fsp3) is 0.130. The van der Waals surface area contributed by atoms with E-state index in [1.807, 2.05) is 30.3 Å². The molecule has 1 N–H and O–H groups in total. The van der Waals surface area contributed by atoms with E-state index < -0.39 is 0 Å². The molecule has 0 bridgehead atoms. The quantitative estimate of drug-likeness (QED) is 0.471. The zero-order valence-electron chi connectivity index (χ0n) is 15.6. The maximum absolute atomic E-state index is 13.0. The Morgan fingerprint density at radius 1 is 1.00 bits per heavy atom. The van der Waals surface area contributed by atoms with Crippen molar-refractivity contribution in [3.05, 3.63) is 94.7 Å². The van der Waals surface area contributed by atoms with Crippen molar-refractivity contribution in [1.82, 2.24) is 10.3 Å². The number of nitrogens with zero attached hydrogens (tertiary/aromatic N) is 1. The summed E-state index contributed by atoms with van der Waals surface area (Å²) in [6, 6.07) is 21.2. The molecule has 4 rings (SSSR count). The number of carbonyl (C=O) groups excluding carboxylic acids is 1. The molecule has 1 amide bonds. The molecular weight excluding hydrogens is 387 g/mol. The Bertz CT molecular complexity index is 1090. The van der Waals surface area contributed by atoms with E-state index in [1.165, 1.54) is 12.1 Å². The van der Waals surface area contributed by atoms with Gasteiger partial charge in [-0.3, -0.25) is 4.79 Å². The van der Waals surface area contributed by atoms with Gasteiger partial charge in [0.1, 0.15) is 18.2 Å². The van der Waals surface area contributed by atoms with Crippen molar-refractivity contribution in [2.75, 3.05) is 6.54 Å². The van der Waals surface area contributed by atoms with Gasteiger partial charge in [-0.2, -0.15) is 0 Å². The first-order chi connectivity index (χ1) is 14.2. The molecule has 3 aromatic carbocycles. The van der Waals surface area contributed by atoms with Crippen LogP contribution in [-0.2, 0) is 13.0 Å². The highest BCUT2D eigenvalue weighted by Gasteiger charge is 2.12. The number of benzene rings is 3. The predicted molar refractivity (Wildman–Crippen MR) is 113 cm³/mol. The standard InChI is InChI=1S/C23H19FN2O2S/c24-17-11-9-16(10-12-17)15-28-20-7-3-1-5-18(20)23(27)25-14-13-22-26-19-6-2-4-8-21(19)29-22/h1-12H,13-15H2,(H,25,27). The molecule has 0 fully saturated rings. The summed E-state index contributed by atoms with van der Waals surface area (Å²) in [6.45, 7) is 0.751. The van der Waals surface area contributed by atoms with Gasteiger partial charge in [0, 0.05) is 13.0 Å². The zero-order valence-corrected chi connectivity index (χ0v) is 16.4. The van der Waals surface area contributed by atoms with Crippen molar-refractivity contribution in [3.63, 3.8) is 0 Å². The lowest BCUT2D eigenvalue weighted by molar-refractivity contribution is 0.0949. The third-order valence-corrected chi connectivity index (χ3v) is 5.50. The van der Waals surface area contributed by atoms with Gasteiger partial charge in [0.25, 0.3) is 5.91 Å². The molecular formula is C23H19FN2O2S. The number of thiazole rings is 1. The maximum Gasteiger partial charge on any atom is 0.255 e. The predicted octanol–water partition coefficient (Wildman–Crippen LogP) is 4.99. The highest BCUT2D eigenvalue weighted by atomic mass is 32.1. The summed E-state index contributed by atoms with van der Waals surface area (Å²) >= 11 is 1.64. The van der Waals surface area contributed by atoms with Crippen LogP contribution >= 0.6 is 11.3 Å². The molecule has 29 heavy (non-hydrogen) atoms. The normalized spacial score (nSPS) is 10.8. The lowest BCUT2D eigenvalue weighted by Gasteiger charge is -2.11. The van der Waals surface area contributed by atoms with Gasteiger partial charge in [0.05, 0.1) is 20.8 Å². The molecule has 1 aromatic heterocycles. The molecule has 146 valence electrons. The van der Waals surface area contributed by atoms with Crippen LogP contribution < -0.4 is 10.1 Å². The summed E-state index contributed by atoms with van der Waals surface area (Å²) in [5.74, 6) is 0.0109. The number of aromatic nitrogens is 1. The van der Waals surface area contributed by atoms with Crippen molar-refractivity contribution in [3.8, 4) is 5.75 Å². The van der Waals surface area contributed by atoms with Gasteiger partial charge in [-0.1, -0.05) is 36.4 Å². The summed E-state index contributed by atoms with van der Waals surface area (Å²) in [5, 5.41) is 3.93. The van der Waals surface area contributed by atoms with Gasteiger partial charge >= 0.3 is 0 Å². The summed E-state index contributed by atoms with van der Waals surface area (Å²) in [4.78, 5) is 17.2. The molecule has 0 aliphatic rings. The number of carbonyl (C=O) groups is 1. The van der Waals surface area contributed by atoms with E-state index in [9.17, 15) is 9.18 Å². The molecule has 4 aromatic rings. The van der Waals surface area contributed by atoms with Crippen molar-refractivity contribution in [2.45, 2.75) is 13.0 Å². The van der Waals surface area contributed by atoms with Gasteiger partial charge in [-0.15, -0.1) is 11.3 Å². The lowest BCUT2D eigenvalue weighted by atomic mass is 10.2. The molecule has 0 saturated heterocycles. The Balaban J connectivity index is 1.36. The molecule has 0 radical (unpaired) electrons. The Hall–Kier alpha value is -3.25. The fourth-order valence-corrected chi connectivity index (χ4v) is 3.89. The second-order valence-corrected chi connectivity index (χ2v) is 7.61. The van der Waals surface area contributed by atoms with Crippen LogP contribution in [-0.4, -0.2) is 17.4 Å². The van der Waals surface area contributed by atoms with Crippen LogP contribution in [0.3, 0.4) is 0 Å².